The van der Waals surface area contributed by atoms with Gasteiger partial charge in [0.1, 0.15) is 11.5 Å². The molecule has 21 heavy (non-hydrogen) atoms. The molecule has 0 amide bonds. The number of aryl methyl sites for hydroxylation is 2. The number of halogens is 1. The van der Waals surface area contributed by atoms with Gasteiger partial charge in [0.15, 0.2) is 0 Å². The number of nitro groups is 1. The molecule has 6 heteroatoms. The summed E-state index contributed by atoms with van der Waals surface area (Å²) in [5.74, 6) is 0.910. The summed E-state index contributed by atoms with van der Waals surface area (Å²) in [4.78, 5) is 10.6. The summed E-state index contributed by atoms with van der Waals surface area (Å²) in [6.45, 7) is 3.51. The average molecular weight is 347 g/mol. The Hall–Kier alpha value is -2.39. The van der Waals surface area contributed by atoms with Crippen LogP contribution in [0.2, 0.25) is 0 Å². The third kappa shape index (κ3) is 3.20. The van der Waals surface area contributed by atoms with Gasteiger partial charge in [-0.15, -0.1) is 0 Å². The van der Waals surface area contributed by atoms with Crippen molar-refractivity contribution in [3.63, 3.8) is 0 Å². The Morgan fingerprint density at radius 1 is 1.19 bits per heavy atom. The maximum absolute atomic E-state index is 11.0. The molecule has 106 valence electrons. The number of nitro benzene ring substituents is 1. The quantitative estimate of drug-likeness (QED) is 0.599. The number of ether oxygens (including phenoxy) is 1. The highest BCUT2D eigenvalue weighted by molar-refractivity contribution is 9.10. The Morgan fingerprint density at radius 2 is 1.90 bits per heavy atom. The molecule has 0 fully saturated rings. The van der Waals surface area contributed by atoms with Crippen molar-refractivity contribution in [3.8, 4) is 17.6 Å². The second kappa shape index (κ2) is 5.94. The predicted molar refractivity (Wildman–Crippen MR) is 81.5 cm³/mol. The minimum atomic E-state index is -0.435. The molecule has 0 bridgehead atoms. The molecule has 0 saturated carbocycles. The molecular formula is C15H11BrN2O3. The summed E-state index contributed by atoms with van der Waals surface area (Å²) in [6.07, 6.45) is 0. The van der Waals surface area contributed by atoms with Gasteiger partial charge in [-0.1, -0.05) is 0 Å². The van der Waals surface area contributed by atoms with E-state index in [4.69, 9.17) is 10.00 Å². The van der Waals surface area contributed by atoms with Gasteiger partial charge in [-0.3, -0.25) is 10.1 Å². The van der Waals surface area contributed by atoms with Crippen LogP contribution in [0.15, 0.2) is 34.8 Å². The molecule has 0 aliphatic carbocycles. The van der Waals surface area contributed by atoms with Crippen LogP contribution in [0.25, 0.3) is 0 Å². The van der Waals surface area contributed by atoms with Crippen LogP contribution in [-0.4, -0.2) is 4.92 Å². The number of nitrogens with zero attached hydrogens (tertiary/aromatic N) is 2. The van der Waals surface area contributed by atoms with E-state index in [-0.39, 0.29) is 5.69 Å². The summed E-state index contributed by atoms with van der Waals surface area (Å²) >= 11 is 3.32. The first-order valence-corrected chi connectivity index (χ1v) is 6.85. The first-order valence-electron chi connectivity index (χ1n) is 6.05. The maximum atomic E-state index is 11.0. The van der Waals surface area contributed by atoms with Gasteiger partial charge >= 0.3 is 0 Å². The fraction of sp³-hybridized carbons (Fsp3) is 0.133. The molecule has 5 nitrogen and oxygen atoms in total. The summed E-state index contributed by atoms with van der Waals surface area (Å²) in [6, 6.07) is 10.1. The van der Waals surface area contributed by atoms with Crippen LogP contribution in [-0.2, 0) is 0 Å². The monoisotopic (exact) mass is 346 g/mol. The molecule has 2 aromatic rings. The number of hydrogen-bond acceptors (Lipinski definition) is 4. The lowest BCUT2D eigenvalue weighted by Crippen LogP contribution is -1.96. The molecule has 0 N–H and O–H groups in total. The van der Waals surface area contributed by atoms with Crippen LogP contribution < -0.4 is 4.74 Å². The Morgan fingerprint density at radius 3 is 2.48 bits per heavy atom. The fourth-order valence-corrected chi connectivity index (χ4v) is 2.36. The summed E-state index contributed by atoms with van der Waals surface area (Å²) in [5.41, 5.74) is 1.90. The minimum Gasteiger partial charge on any atom is -0.456 e. The minimum absolute atomic E-state index is 0.0142. The van der Waals surface area contributed by atoms with E-state index in [1.165, 1.54) is 6.07 Å². The van der Waals surface area contributed by atoms with Gasteiger partial charge in [-0.05, 0) is 59.6 Å². The molecule has 0 aliphatic rings. The van der Waals surface area contributed by atoms with Crippen molar-refractivity contribution >= 4 is 21.6 Å². The zero-order chi connectivity index (χ0) is 15.6. The second-order valence-electron chi connectivity index (χ2n) is 4.52. The van der Waals surface area contributed by atoms with E-state index in [0.29, 0.717) is 27.1 Å². The van der Waals surface area contributed by atoms with E-state index in [2.05, 4.69) is 15.9 Å². The van der Waals surface area contributed by atoms with Gasteiger partial charge in [-0.25, -0.2) is 0 Å². The topological polar surface area (TPSA) is 76.2 Å². The molecule has 2 aromatic carbocycles. The number of hydrogen-bond donors (Lipinski definition) is 0. The van der Waals surface area contributed by atoms with Crippen molar-refractivity contribution in [1.29, 1.82) is 5.26 Å². The summed E-state index contributed by atoms with van der Waals surface area (Å²) in [5, 5.41) is 19.8. The van der Waals surface area contributed by atoms with E-state index in [9.17, 15) is 10.1 Å². The molecule has 0 atom stereocenters. The fourth-order valence-electron chi connectivity index (χ4n) is 1.90. The third-order valence-electron chi connectivity index (χ3n) is 2.97. The Bertz CT molecular complexity index is 766. The van der Waals surface area contributed by atoms with Gasteiger partial charge in [0.2, 0.25) is 0 Å². The number of benzene rings is 2. The zero-order valence-electron chi connectivity index (χ0n) is 11.4. The van der Waals surface area contributed by atoms with Gasteiger partial charge in [0, 0.05) is 5.56 Å². The molecular weight excluding hydrogens is 336 g/mol. The Balaban J connectivity index is 2.42. The van der Waals surface area contributed by atoms with Gasteiger partial charge < -0.3 is 4.74 Å². The van der Waals surface area contributed by atoms with Crippen molar-refractivity contribution in [2.45, 2.75) is 13.8 Å². The lowest BCUT2D eigenvalue weighted by Gasteiger charge is -2.11. The largest absolute Gasteiger partial charge is 0.456 e. The number of rotatable bonds is 3. The molecule has 0 aromatic heterocycles. The molecule has 0 heterocycles. The SMILES string of the molecule is Cc1cc(C)c([N+](=O)[O-])cc1Oc1ccc(C#N)cc1Br. The molecule has 0 unspecified atom stereocenters. The molecule has 0 radical (unpaired) electrons. The van der Waals surface area contributed by atoms with E-state index < -0.39 is 4.92 Å². The Kier molecular flexibility index (Phi) is 4.24. The van der Waals surface area contributed by atoms with E-state index in [1.807, 2.05) is 13.0 Å². The van der Waals surface area contributed by atoms with Crippen molar-refractivity contribution in [1.82, 2.24) is 0 Å². The lowest BCUT2D eigenvalue weighted by molar-refractivity contribution is -0.385. The van der Waals surface area contributed by atoms with Crippen molar-refractivity contribution in [2.75, 3.05) is 0 Å². The van der Waals surface area contributed by atoms with Crippen molar-refractivity contribution in [3.05, 3.63) is 61.6 Å². The van der Waals surface area contributed by atoms with Crippen LogP contribution >= 0.6 is 15.9 Å². The highest BCUT2D eigenvalue weighted by Crippen LogP contribution is 2.35. The molecule has 0 aliphatic heterocycles. The highest BCUT2D eigenvalue weighted by atomic mass is 79.9. The van der Waals surface area contributed by atoms with E-state index in [0.717, 1.165) is 5.56 Å². The average Bonchev–Trinajstić information content (AvgIpc) is 2.43. The summed E-state index contributed by atoms with van der Waals surface area (Å²) in [7, 11) is 0. The third-order valence-corrected chi connectivity index (χ3v) is 3.59. The standard InChI is InChI=1S/C15H11BrN2O3/c1-9-5-10(2)15(7-13(9)18(19)20)21-14-4-3-11(8-17)6-12(14)16/h3-7H,1-2H3. The van der Waals surface area contributed by atoms with Crippen molar-refractivity contribution < 1.29 is 9.66 Å². The molecule has 0 spiro atoms. The molecule has 2 rings (SSSR count). The second-order valence-corrected chi connectivity index (χ2v) is 5.37. The number of nitriles is 1. The zero-order valence-corrected chi connectivity index (χ0v) is 13.0. The van der Waals surface area contributed by atoms with Gasteiger partial charge in [-0.2, -0.15) is 5.26 Å². The smallest absolute Gasteiger partial charge is 0.276 e. The van der Waals surface area contributed by atoms with Gasteiger partial charge in [0.25, 0.3) is 5.69 Å². The maximum Gasteiger partial charge on any atom is 0.276 e. The highest BCUT2D eigenvalue weighted by Gasteiger charge is 2.15. The van der Waals surface area contributed by atoms with Gasteiger partial charge in [0.05, 0.1) is 27.1 Å². The first-order chi connectivity index (χ1) is 9.92. The van der Waals surface area contributed by atoms with Crippen molar-refractivity contribution in [2.24, 2.45) is 0 Å². The van der Waals surface area contributed by atoms with Crippen LogP contribution in [0.5, 0.6) is 11.5 Å². The van der Waals surface area contributed by atoms with Crippen LogP contribution in [0.1, 0.15) is 16.7 Å². The normalized spacial score (nSPS) is 10.0. The van der Waals surface area contributed by atoms with Crippen LogP contribution in [0.4, 0.5) is 5.69 Å². The molecule has 0 saturated heterocycles. The van der Waals surface area contributed by atoms with E-state index >= 15 is 0 Å². The Labute approximate surface area is 130 Å². The lowest BCUT2D eigenvalue weighted by atomic mass is 10.1. The summed E-state index contributed by atoms with van der Waals surface area (Å²) < 4.78 is 6.34. The first kappa shape index (κ1) is 15.0. The van der Waals surface area contributed by atoms with Crippen LogP contribution in [0, 0.1) is 35.3 Å². The predicted octanol–water partition coefficient (Wildman–Crippen LogP) is 4.64. The van der Waals surface area contributed by atoms with E-state index in [1.54, 1.807) is 31.2 Å². The van der Waals surface area contributed by atoms with Crippen LogP contribution in [0.3, 0.4) is 0 Å².